The van der Waals surface area contributed by atoms with Gasteiger partial charge in [0, 0.05) is 0 Å². The Morgan fingerprint density at radius 2 is 2.40 bits per heavy atom. The third-order valence-electron chi connectivity index (χ3n) is 1.94. The summed E-state index contributed by atoms with van der Waals surface area (Å²) in [6, 6.07) is 0.124. The summed E-state index contributed by atoms with van der Waals surface area (Å²) < 4.78 is 0. The van der Waals surface area contributed by atoms with Crippen LogP contribution in [0.15, 0.2) is 0 Å². The molecule has 1 heterocycles. The van der Waals surface area contributed by atoms with Crippen molar-refractivity contribution in [1.82, 2.24) is 5.32 Å². The van der Waals surface area contributed by atoms with E-state index in [1.165, 1.54) is 12.8 Å². The van der Waals surface area contributed by atoms with Crippen molar-refractivity contribution in [2.45, 2.75) is 32.2 Å². The Kier molecular flexibility index (Phi) is 2.75. The first-order valence-corrected chi connectivity index (χ1v) is 3.91. The van der Waals surface area contributed by atoms with Gasteiger partial charge in [-0.25, -0.2) is 4.79 Å². The maximum atomic E-state index is 11.0. The van der Waals surface area contributed by atoms with Gasteiger partial charge in [0.15, 0.2) is 0 Å². The average molecular weight is 140 g/mol. The normalized spacial score (nSPS) is 25.9. The first kappa shape index (κ1) is 7.61. The molecule has 1 atom stereocenters. The minimum absolute atomic E-state index is 0.124. The Morgan fingerprint density at radius 1 is 1.60 bits per heavy atom. The largest absolute Gasteiger partial charge is 0.322 e. The Balaban J connectivity index is 2.31. The molecule has 0 bridgehead atoms. The average Bonchev–Trinajstić information content (AvgIpc) is 2.05. The number of rotatable bonds is 2. The molecular weight excluding hydrogens is 126 g/mol. The minimum Gasteiger partial charge on any atom is -0.304 e. The predicted octanol–water partition coefficient (Wildman–Crippen LogP) is 0.922. The summed E-state index contributed by atoms with van der Waals surface area (Å²) in [7, 11) is 0. The molecule has 1 unspecified atom stereocenters. The van der Waals surface area contributed by atoms with Crippen molar-refractivity contribution in [3.63, 3.8) is 0 Å². The molecule has 56 valence electrons. The highest BCUT2D eigenvalue weighted by atomic mass is 16.1. The summed E-state index contributed by atoms with van der Waals surface area (Å²) in [5.41, 5.74) is 0. The van der Waals surface area contributed by atoms with E-state index in [1.54, 1.807) is 13.3 Å². The maximum Gasteiger partial charge on any atom is 0.322 e. The van der Waals surface area contributed by atoms with Crippen molar-refractivity contribution in [2.24, 2.45) is 0 Å². The van der Waals surface area contributed by atoms with Gasteiger partial charge in [-0.1, -0.05) is 0 Å². The number of Topliss-reactive ketones (excluding diaryl/α,β-unsaturated/α-hetero) is 1. The first-order chi connectivity index (χ1) is 4.84. The summed E-state index contributed by atoms with van der Waals surface area (Å²) >= 11 is 0. The van der Waals surface area contributed by atoms with Crippen LogP contribution in [0.3, 0.4) is 0 Å². The fourth-order valence-electron chi connectivity index (χ4n) is 1.30. The SMILES string of the molecule is C[CH+]C(=O)C1CCCCN1. The highest BCUT2D eigenvalue weighted by molar-refractivity contribution is 5.91. The Bertz CT molecular complexity index is 116. The third-order valence-corrected chi connectivity index (χ3v) is 1.94. The number of carbonyl (C=O) groups excluding carboxylic acids is 1. The summed E-state index contributed by atoms with van der Waals surface area (Å²) in [5.74, 6) is 0.250. The number of nitrogens with one attached hydrogen (secondary N) is 1. The second kappa shape index (κ2) is 3.62. The smallest absolute Gasteiger partial charge is 0.304 e. The van der Waals surface area contributed by atoms with Crippen LogP contribution in [0.2, 0.25) is 0 Å². The third kappa shape index (κ3) is 1.74. The van der Waals surface area contributed by atoms with E-state index in [1.807, 2.05) is 0 Å². The summed E-state index contributed by atoms with van der Waals surface area (Å²) in [4.78, 5) is 11.0. The van der Waals surface area contributed by atoms with E-state index in [0.717, 1.165) is 13.0 Å². The van der Waals surface area contributed by atoms with E-state index in [9.17, 15) is 4.79 Å². The highest BCUT2D eigenvalue weighted by Crippen LogP contribution is 2.08. The van der Waals surface area contributed by atoms with Crippen LogP contribution < -0.4 is 5.32 Å². The van der Waals surface area contributed by atoms with Gasteiger partial charge in [-0.3, -0.25) is 0 Å². The zero-order valence-corrected chi connectivity index (χ0v) is 6.39. The molecule has 0 aliphatic carbocycles. The molecule has 0 aromatic rings. The predicted molar refractivity (Wildman–Crippen MR) is 40.6 cm³/mol. The van der Waals surface area contributed by atoms with Crippen LogP contribution in [0.25, 0.3) is 0 Å². The van der Waals surface area contributed by atoms with E-state index >= 15 is 0 Å². The molecule has 1 aliphatic heterocycles. The summed E-state index contributed by atoms with van der Waals surface area (Å²) in [5, 5.41) is 3.19. The highest BCUT2D eigenvalue weighted by Gasteiger charge is 2.24. The van der Waals surface area contributed by atoms with E-state index in [-0.39, 0.29) is 11.8 Å². The van der Waals surface area contributed by atoms with E-state index in [0.29, 0.717) is 0 Å². The van der Waals surface area contributed by atoms with Gasteiger partial charge in [-0.05, 0) is 25.8 Å². The lowest BCUT2D eigenvalue weighted by Crippen LogP contribution is -2.40. The van der Waals surface area contributed by atoms with E-state index in [2.05, 4.69) is 5.32 Å². The molecule has 0 saturated carbocycles. The second-order valence-electron chi connectivity index (χ2n) is 2.69. The van der Waals surface area contributed by atoms with Crippen LogP contribution in [-0.2, 0) is 4.79 Å². The zero-order valence-electron chi connectivity index (χ0n) is 6.39. The summed E-state index contributed by atoms with van der Waals surface area (Å²) in [6.07, 6.45) is 5.08. The Hall–Kier alpha value is -0.500. The molecule has 0 aromatic carbocycles. The number of piperidine rings is 1. The van der Waals surface area contributed by atoms with Crippen molar-refractivity contribution in [2.75, 3.05) is 6.54 Å². The van der Waals surface area contributed by atoms with Gasteiger partial charge >= 0.3 is 5.78 Å². The van der Waals surface area contributed by atoms with Crippen LogP contribution in [0.5, 0.6) is 0 Å². The standard InChI is InChI=1S/C8H14NO/c1-2-8(10)7-5-3-4-6-9-7/h2,7,9H,3-6H2,1H3/q+1. The van der Waals surface area contributed by atoms with Crippen LogP contribution in [-0.4, -0.2) is 18.4 Å². The van der Waals surface area contributed by atoms with Gasteiger partial charge in [0.1, 0.15) is 12.5 Å². The number of ketones is 1. The first-order valence-electron chi connectivity index (χ1n) is 3.91. The lowest BCUT2D eigenvalue weighted by molar-refractivity contribution is -0.118. The molecule has 2 nitrogen and oxygen atoms in total. The Labute approximate surface area is 62.0 Å². The van der Waals surface area contributed by atoms with Gasteiger partial charge in [0.25, 0.3) is 0 Å². The quantitative estimate of drug-likeness (QED) is 0.578. The Morgan fingerprint density at radius 3 is 2.90 bits per heavy atom. The zero-order chi connectivity index (χ0) is 7.40. The molecular formula is C8H14NO+. The molecule has 0 aromatic heterocycles. The van der Waals surface area contributed by atoms with Crippen LogP contribution in [0, 0.1) is 6.42 Å². The molecule has 1 fully saturated rings. The van der Waals surface area contributed by atoms with Crippen LogP contribution in [0.1, 0.15) is 26.2 Å². The molecule has 1 aliphatic rings. The van der Waals surface area contributed by atoms with Crippen molar-refractivity contribution >= 4 is 5.78 Å². The van der Waals surface area contributed by atoms with Gasteiger partial charge in [0.05, 0.1) is 6.92 Å². The van der Waals surface area contributed by atoms with Crippen molar-refractivity contribution in [3.8, 4) is 0 Å². The van der Waals surface area contributed by atoms with E-state index in [4.69, 9.17) is 0 Å². The minimum atomic E-state index is 0.124. The molecule has 1 N–H and O–H groups in total. The molecule has 0 spiro atoms. The molecule has 0 amide bonds. The lowest BCUT2D eigenvalue weighted by Gasteiger charge is -2.17. The van der Waals surface area contributed by atoms with Gasteiger partial charge < -0.3 is 5.32 Å². The van der Waals surface area contributed by atoms with Crippen molar-refractivity contribution < 1.29 is 4.79 Å². The number of hydrogen-bond acceptors (Lipinski definition) is 2. The topological polar surface area (TPSA) is 29.1 Å². The lowest BCUT2D eigenvalue weighted by atomic mass is 10.00. The second-order valence-corrected chi connectivity index (χ2v) is 2.69. The molecule has 1 rings (SSSR count). The van der Waals surface area contributed by atoms with Crippen LogP contribution >= 0.6 is 0 Å². The fourth-order valence-corrected chi connectivity index (χ4v) is 1.30. The van der Waals surface area contributed by atoms with Crippen molar-refractivity contribution in [1.29, 1.82) is 0 Å². The molecule has 2 heteroatoms. The molecule has 10 heavy (non-hydrogen) atoms. The fraction of sp³-hybridized carbons (Fsp3) is 0.750. The summed E-state index contributed by atoms with van der Waals surface area (Å²) in [6.45, 7) is 2.81. The van der Waals surface area contributed by atoms with Crippen LogP contribution in [0.4, 0.5) is 0 Å². The number of hydrogen-bond donors (Lipinski definition) is 1. The van der Waals surface area contributed by atoms with Gasteiger partial charge in [-0.15, -0.1) is 0 Å². The van der Waals surface area contributed by atoms with Gasteiger partial charge in [-0.2, -0.15) is 0 Å². The molecule has 1 saturated heterocycles. The van der Waals surface area contributed by atoms with E-state index < -0.39 is 0 Å². The van der Waals surface area contributed by atoms with Gasteiger partial charge in [0.2, 0.25) is 0 Å². The van der Waals surface area contributed by atoms with Crippen molar-refractivity contribution in [3.05, 3.63) is 6.42 Å². The monoisotopic (exact) mass is 140 g/mol. The maximum absolute atomic E-state index is 11.0. The molecule has 0 radical (unpaired) electrons. The number of carbonyl (C=O) groups is 1.